The van der Waals surface area contributed by atoms with E-state index in [4.69, 9.17) is 10.5 Å². The van der Waals surface area contributed by atoms with Crippen LogP contribution >= 0.6 is 0 Å². The van der Waals surface area contributed by atoms with E-state index in [0.717, 1.165) is 19.6 Å². The van der Waals surface area contributed by atoms with Gasteiger partial charge in [0.15, 0.2) is 0 Å². The molecule has 1 aromatic carbocycles. The highest BCUT2D eigenvalue weighted by molar-refractivity contribution is 5.48. The predicted molar refractivity (Wildman–Crippen MR) is 57.1 cm³/mol. The van der Waals surface area contributed by atoms with E-state index in [9.17, 15) is 0 Å². The Morgan fingerprint density at radius 3 is 3.07 bits per heavy atom. The summed E-state index contributed by atoms with van der Waals surface area (Å²) in [6, 6.07) is 8.34. The molecule has 2 rings (SSSR count). The zero-order valence-corrected chi connectivity index (χ0v) is 8.28. The van der Waals surface area contributed by atoms with Crippen LogP contribution in [0.5, 0.6) is 0 Å². The van der Waals surface area contributed by atoms with Crippen molar-refractivity contribution >= 4 is 5.69 Å². The summed E-state index contributed by atoms with van der Waals surface area (Å²) in [5, 5.41) is 0. The Morgan fingerprint density at radius 2 is 2.36 bits per heavy atom. The number of hydrogen-bond acceptors (Lipinski definition) is 3. The summed E-state index contributed by atoms with van der Waals surface area (Å²) in [5.41, 5.74) is 7.99. The molecule has 0 saturated carbocycles. The van der Waals surface area contributed by atoms with Gasteiger partial charge in [0.05, 0.1) is 6.61 Å². The average Bonchev–Trinajstić information content (AvgIpc) is 2.30. The lowest BCUT2D eigenvalue weighted by Gasteiger charge is -2.28. The van der Waals surface area contributed by atoms with Gasteiger partial charge < -0.3 is 15.4 Å². The lowest BCUT2D eigenvalue weighted by molar-refractivity contribution is 0.107. The van der Waals surface area contributed by atoms with Gasteiger partial charge in [0, 0.05) is 18.8 Å². The lowest BCUT2D eigenvalue weighted by Crippen LogP contribution is -2.32. The number of nitrogens with two attached hydrogens (primary N) is 1. The molecule has 3 heteroatoms. The Morgan fingerprint density at radius 1 is 1.43 bits per heavy atom. The fourth-order valence-corrected chi connectivity index (χ4v) is 1.68. The summed E-state index contributed by atoms with van der Waals surface area (Å²) < 4.78 is 5.40. The van der Waals surface area contributed by atoms with Crippen LogP contribution in [0.15, 0.2) is 24.3 Å². The molecule has 0 unspecified atom stereocenters. The van der Waals surface area contributed by atoms with Gasteiger partial charge >= 0.3 is 0 Å². The Labute approximate surface area is 84.5 Å². The standard InChI is InChI=1S/C11H16N2O/c12-8-10-3-1-4-11(7-10)13-5-2-6-14-9-13/h1,3-4,7H,2,5-6,8-9,12H2. The third-order valence-electron chi connectivity index (χ3n) is 2.48. The van der Waals surface area contributed by atoms with Gasteiger partial charge in [-0.2, -0.15) is 0 Å². The molecule has 1 aliphatic rings. The largest absolute Gasteiger partial charge is 0.361 e. The molecule has 3 nitrogen and oxygen atoms in total. The van der Waals surface area contributed by atoms with Crippen molar-refractivity contribution in [2.75, 3.05) is 24.8 Å². The van der Waals surface area contributed by atoms with Crippen molar-refractivity contribution in [3.05, 3.63) is 29.8 Å². The fraction of sp³-hybridized carbons (Fsp3) is 0.455. The van der Waals surface area contributed by atoms with Crippen molar-refractivity contribution in [1.82, 2.24) is 0 Å². The number of anilines is 1. The number of benzene rings is 1. The minimum Gasteiger partial charge on any atom is -0.361 e. The van der Waals surface area contributed by atoms with Crippen molar-refractivity contribution in [1.29, 1.82) is 0 Å². The third kappa shape index (κ3) is 2.05. The topological polar surface area (TPSA) is 38.5 Å². The van der Waals surface area contributed by atoms with Gasteiger partial charge in [0.25, 0.3) is 0 Å². The minimum absolute atomic E-state index is 0.600. The summed E-state index contributed by atoms with van der Waals surface area (Å²) in [5.74, 6) is 0. The van der Waals surface area contributed by atoms with Crippen LogP contribution in [-0.4, -0.2) is 19.9 Å². The summed E-state index contributed by atoms with van der Waals surface area (Å²) in [6.45, 7) is 3.26. The van der Waals surface area contributed by atoms with Crippen molar-refractivity contribution in [3.8, 4) is 0 Å². The van der Waals surface area contributed by atoms with E-state index in [-0.39, 0.29) is 0 Å². The van der Waals surface area contributed by atoms with Crippen molar-refractivity contribution in [3.63, 3.8) is 0 Å². The zero-order chi connectivity index (χ0) is 9.80. The highest BCUT2D eigenvalue weighted by atomic mass is 16.5. The second-order valence-electron chi connectivity index (χ2n) is 3.53. The molecule has 1 aromatic rings. The molecule has 0 spiro atoms. The summed E-state index contributed by atoms with van der Waals surface area (Å²) in [6.07, 6.45) is 1.10. The number of rotatable bonds is 2. The number of hydrogen-bond donors (Lipinski definition) is 1. The van der Waals surface area contributed by atoms with Gasteiger partial charge in [-0.05, 0) is 24.1 Å². The Balaban J connectivity index is 2.13. The Bertz CT molecular complexity index is 295. The first kappa shape index (κ1) is 9.49. The van der Waals surface area contributed by atoms with Gasteiger partial charge in [-0.1, -0.05) is 12.1 Å². The lowest BCUT2D eigenvalue weighted by atomic mass is 10.2. The van der Waals surface area contributed by atoms with E-state index in [2.05, 4.69) is 17.0 Å². The first-order chi connectivity index (χ1) is 6.90. The normalized spacial score (nSPS) is 17.1. The average molecular weight is 192 g/mol. The van der Waals surface area contributed by atoms with Crippen LogP contribution in [0.2, 0.25) is 0 Å². The second-order valence-corrected chi connectivity index (χ2v) is 3.53. The maximum atomic E-state index is 5.60. The quantitative estimate of drug-likeness (QED) is 0.768. The highest BCUT2D eigenvalue weighted by Crippen LogP contribution is 2.18. The molecule has 1 aliphatic heterocycles. The maximum Gasteiger partial charge on any atom is 0.118 e. The summed E-state index contributed by atoms with van der Waals surface area (Å²) >= 11 is 0. The molecular formula is C11H16N2O. The zero-order valence-electron chi connectivity index (χ0n) is 8.28. The Hall–Kier alpha value is -1.06. The van der Waals surface area contributed by atoms with E-state index in [1.54, 1.807) is 0 Å². The molecule has 1 saturated heterocycles. The van der Waals surface area contributed by atoms with Crippen LogP contribution < -0.4 is 10.6 Å². The van der Waals surface area contributed by atoms with Gasteiger partial charge in [-0.15, -0.1) is 0 Å². The molecule has 14 heavy (non-hydrogen) atoms. The van der Waals surface area contributed by atoms with Crippen LogP contribution in [0.25, 0.3) is 0 Å². The van der Waals surface area contributed by atoms with E-state index >= 15 is 0 Å². The van der Waals surface area contributed by atoms with Gasteiger partial charge in [-0.25, -0.2) is 0 Å². The first-order valence-corrected chi connectivity index (χ1v) is 5.02. The molecule has 76 valence electrons. The van der Waals surface area contributed by atoms with Crippen molar-refractivity contribution in [2.45, 2.75) is 13.0 Å². The molecule has 0 bridgehead atoms. The van der Waals surface area contributed by atoms with Crippen LogP contribution in [0.4, 0.5) is 5.69 Å². The summed E-state index contributed by atoms with van der Waals surface area (Å²) in [7, 11) is 0. The van der Waals surface area contributed by atoms with Crippen LogP contribution in [0, 0.1) is 0 Å². The molecule has 0 atom stereocenters. The smallest absolute Gasteiger partial charge is 0.118 e. The first-order valence-electron chi connectivity index (χ1n) is 5.02. The van der Waals surface area contributed by atoms with E-state index in [1.807, 2.05) is 12.1 Å². The number of ether oxygens (including phenoxy) is 1. The summed E-state index contributed by atoms with van der Waals surface area (Å²) in [4.78, 5) is 2.24. The second kappa shape index (κ2) is 4.44. The molecule has 2 N–H and O–H groups in total. The van der Waals surface area contributed by atoms with E-state index in [0.29, 0.717) is 13.3 Å². The molecule has 1 heterocycles. The third-order valence-corrected chi connectivity index (χ3v) is 2.48. The molecule has 0 aromatic heterocycles. The molecule has 1 fully saturated rings. The number of nitrogens with zero attached hydrogens (tertiary/aromatic N) is 1. The molecule has 0 amide bonds. The Kier molecular flexibility index (Phi) is 3.01. The maximum absolute atomic E-state index is 5.60. The molecular weight excluding hydrogens is 176 g/mol. The van der Waals surface area contributed by atoms with Crippen molar-refractivity contribution < 1.29 is 4.74 Å². The molecule has 0 radical (unpaired) electrons. The van der Waals surface area contributed by atoms with Crippen LogP contribution in [-0.2, 0) is 11.3 Å². The highest BCUT2D eigenvalue weighted by Gasteiger charge is 2.10. The SMILES string of the molecule is NCc1cccc(N2CCCOC2)c1. The van der Waals surface area contributed by atoms with Crippen molar-refractivity contribution in [2.24, 2.45) is 5.73 Å². The van der Waals surface area contributed by atoms with E-state index < -0.39 is 0 Å². The predicted octanol–water partition coefficient (Wildman–Crippen LogP) is 1.33. The van der Waals surface area contributed by atoms with Gasteiger partial charge in [0.1, 0.15) is 6.73 Å². The van der Waals surface area contributed by atoms with Crippen LogP contribution in [0.1, 0.15) is 12.0 Å². The fourth-order valence-electron chi connectivity index (χ4n) is 1.68. The minimum atomic E-state index is 0.600. The monoisotopic (exact) mass is 192 g/mol. The van der Waals surface area contributed by atoms with Crippen LogP contribution in [0.3, 0.4) is 0 Å². The van der Waals surface area contributed by atoms with Gasteiger partial charge in [0.2, 0.25) is 0 Å². The van der Waals surface area contributed by atoms with Gasteiger partial charge in [-0.3, -0.25) is 0 Å². The molecule has 0 aliphatic carbocycles. The van der Waals surface area contributed by atoms with E-state index in [1.165, 1.54) is 11.3 Å².